The van der Waals surface area contributed by atoms with Gasteiger partial charge >= 0.3 is 5.97 Å². The molecule has 2 atom stereocenters. The van der Waals surface area contributed by atoms with Crippen molar-refractivity contribution in [1.29, 1.82) is 0 Å². The van der Waals surface area contributed by atoms with Crippen molar-refractivity contribution in [2.45, 2.75) is 31.5 Å². The van der Waals surface area contributed by atoms with Crippen LogP contribution in [0.15, 0.2) is 42.6 Å². The van der Waals surface area contributed by atoms with Crippen LogP contribution in [-0.4, -0.2) is 33.4 Å². The minimum atomic E-state index is -0.983. The van der Waals surface area contributed by atoms with Crippen molar-refractivity contribution in [1.82, 2.24) is 4.98 Å². The Kier molecular flexibility index (Phi) is 4.34. The van der Waals surface area contributed by atoms with Crippen LogP contribution in [0.1, 0.15) is 29.6 Å². The molecule has 3 aromatic rings. The van der Waals surface area contributed by atoms with Gasteiger partial charge in [-0.3, -0.25) is 0 Å². The fourth-order valence-corrected chi connectivity index (χ4v) is 3.75. The standard InChI is InChI=1S/C20H18ClNO4/c21-16-9-17-14(15(10-22-17)20(24)25)8-13(16)11-4-6-12(7-5-11)26-19-3-1-2-18(19)23/h4-10,18-19,22-23H,1-3H2,(H,24,25)/t18-,19-/m0/s1. The summed E-state index contributed by atoms with van der Waals surface area (Å²) in [5.41, 5.74) is 2.53. The van der Waals surface area contributed by atoms with E-state index in [9.17, 15) is 15.0 Å². The molecule has 1 heterocycles. The molecule has 3 N–H and O–H groups in total. The second-order valence-corrected chi connectivity index (χ2v) is 6.97. The lowest BCUT2D eigenvalue weighted by Crippen LogP contribution is -2.25. The van der Waals surface area contributed by atoms with E-state index >= 15 is 0 Å². The SMILES string of the molecule is O=C(O)c1c[nH]c2cc(Cl)c(-c3ccc(O[C@H]4CCC[C@@H]4O)cc3)cc12. The summed E-state index contributed by atoms with van der Waals surface area (Å²) in [6.07, 6.45) is 3.52. The molecular formula is C20H18ClNO4. The molecule has 1 aliphatic rings. The average Bonchev–Trinajstić information content (AvgIpc) is 3.21. The maximum atomic E-state index is 11.4. The minimum Gasteiger partial charge on any atom is -0.488 e. The Morgan fingerprint density at radius 2 is 1.96 bits per heavy atom. The molecule has 1 saturated carbocycles. The van der Waals surface area contributed by atoms with E-state index in [2.05, 4.69) is 4.98 Å². The van der Waals surface area contributed by atoms with Crippen LogP contribution in [0.25, 0.3) is 22.0 Å². The zero-order valence-electron chi connectivity index (χ0n) is 13.9. The molecule has 4 rings (SSSR count). The first-order valence-corrected chi connectivity index (χ1v) is 8.90. The van der Waals surface area contributed by atoms with Gasteiger partial charge in [-0.1, -0.05) is 23.7 Å². The van der Waals surface area contributed by atoms with E-state index in [1.54, 1.807) is 12.1 Å². The second-order valence-electron chi connectivity index (χ2n) is 6.56. The van der Waals surface area contributed by atoms with Gasteiger partial charge in [-0.2, -0.15) is 0 Å². The number of nitrogens with one attached hydrogen (secondary N) is 1. The third-order valence-electron chi connectivity index (χ3n) is 4.87. The molecule has 1 fully saturated rings. The largest absolute Gasteiger partial charge is 0.488 e. The summed E-state index contributed by atoms with van der Waals surface area (Å²) in [4.78, 5) is 14.3. The quantitative estimate of drug-likeness (QED) is 0.631. The van der Waals surface area contributed by atoms with Gasteiger partial charge in [0.2, 0.25) is 0 Å². The fraction of sp³-hybridized carbons (Fsp3) is 0.250. The van der Waals surface area contributed by atoms with Crippen molar-refractivity contribution < 1.29 is 19.7 Å². The molecule has 0 unspecified atom stereocenters. The molecule has 134 valence electrons. The summed E-state index contributed by atoms with van der Waals surface area (Å²) in [6.45, 7) is 0. The van der Waals surface area contributed by atoms with E-state index in [4.69, 9.17) is 16.3 Å². The number of aromatic nitrogens is 1. The van der Waals surface area contributed by atoms with Crippen LogP contribution in [0, 0.1) is 0 Å². The van der Waals surface area contributed by atoms with Crippen molar-refractivity contribution in [3.63, 3.8) is 0 Å². The predicted octanol–water partition coefficient (Wildman–Crippen LogP) is 4.48. The molecule has 2 aromatic carbocycles. The number of H-pyrrole nitrogens is 1. The molecule has 0 amide bonds. The molecule has 26 heavy (non-hydrogen) atoms. The van der Waals surface area contributed by atoms with Crippen molar-refractivity contribution in [3.05, 3.63) is 53.2 Å². The van der Waals surface area contributed by atoms with E-state index in [-0.39, 0.29) is 11.7 Å². The Labute approximate surface area is 155 Å². The minimum absolute atomic E-state index is 0.154. The Morgan fingerprint density at radius 1 is 1.19 bits per heavy atom. The first-order chi connectivity index (χ1) is 12.5. The second kappa shape index (κ2) is 6.67. The highest BCUT2D eigenvalue weighted by Gasteiger charge is 2.26. The third kappa shape index (κ3) is 3.04. The van der Waals surface area contributed by atoms with Gasteiger partial charge in [0, 0.05) is 22.7 Å². The molecule has 5 nitrogen and oxygen atoms in total. The lowest BCUT2D eigenvalue weighted by Gasteiger charge is -2.17. The van der Waals surface area contributed by atoms with Gasteiger partial charge in [0.25, 0.3) is 0 Å². The van der Waals surface area contributed by atoms with Crippen molar-refractivity contribution >= 4 is 28.5 Å². The first kappa shape index (κ1) is 16.9. The van der Waals surface area contributed by atoms with Gasteiger partial charge in [0.1, 0.15) is 11.9 Å². The molecule has 1 aliphatic carbocycles. The highest BCUT2D eigenvalue weighted by Crippen LogP contribution is 2.34. The van der Waals surface area contributed by atoms with E-state index in [1.165, 1.54) is 6.20 Å². The number of ether oxygens (including phenoxy) is 1. The Bertz CT molecular complexity index is 964. The van der Waals surface area contributed by atoms with Gasteiger partial charge in [-0.25, -0.2) is 4.79 Å². The van der Waals surface area contributed by atoms with Crippen LogP contribution >= 0.6 is 11.6 Å². The molecule has 0 bridgehead atoms. The van der Waals surface area contributed by atoms with Crippen molar-refractivity contribution in [2.24, 2.45) is 0 Å². The summed E-state index contributed by atoms with van der Waals surface area (Å²) >= 11 is 6.39. The van der Waals surface area contributed by atoms with Crippen LogP contribution in [-0.2, 0) is 0 Å². The topological polar surface area (TPSA) is 82.5 Å². The van der Waals surface area contributed by atoms with Gasteiger partial charge < -0.3 is 19.9 Å². The highest BCUT2D eigenvalue weighted by molar-refractivity contribution is 6.34. The molecule has 0 spiro atoms. The van der Waals surface area contributed by atoms with Gasteiger partial charge in [-0.05, 0) is 49.1 Å². The Balaban J connectivity index is 1.65. The number of fused-ring (bicyclic) bond motifs is 1. The molecule has 6 heteroatoms. The summed E-state index contributed by atoms with van der Waals surface area (Å²) in [7, 11) is 0. The number of carboxylic acid groups (broad SMARTS) is 1. The summed E-state index contributed by atoms with van der Waals surface area (Å²) in [6, 6.07) is 11.0. The maximum absolute atomic E-state index is 11.4. The van der Waals surface area contributed by atoms with E-state index < -0.39 is 12.1 Å². The highest BCUT2D eigenvalue weighted by atomic mass is 35.5. The number of carboxylic acids is 1. The number of aliphatic hydroxyl groups excluding tert-OH is 1. The number of benzene rings is 2. The number of hydrogen-bond donors (Lipinski definition) is 3. The molecule has 0 aliphatic heterocycles. The summed E-state index contributed by atoms with van der Waals surface area (Å²) < 4.78 is 5.85. The first-order valence-electron chi connectivity index (χ1n) is 8.52. The van der Waals surface area contributed by atoms with Gasteiger partial charge in [-0.15, -0.1) is 0 Å². The molecule has 0 saturated heterocycles. The Morgan fingerprint density at radius 3 is 2.62 bits per heavy atom. The fourth-order valence-electron chi connectivity index (χ4n) is 3.47. The normalized spacial score (nSPS) is 19.8. The number of aromatic amines is 1. The van der Waals surface area contributed by atoms with Crippen LogP contribution in [0.5, 0.6) is 5.75 Å². The zero-order chi connectivity index (χ0) is 18.3. The number of carbonyl (C=O) groups is 1. The monoisotopic (exact) mass is 371 g/mol. The molecule has 0 radical (unpaired) electrons. The van der Waals surface area contributed by atoms with Crippen molar-refractivity contribution in [3.8, 4) is 16.9 Å². The number of aliphatic hydroxyl groups is 1. The Hall–Kier alpha value is -2.50. The molecule has 1 aromatic heterocycles. The number of hydrogen-bond acceptors (Lipinski definition) is 3. The van der Waals surface area contributed by atoms with E-state index in [0.717, 1.165) is 30.4 Å². The maximum Gasteiger partial charge on any atom is 0.337 e. The summed E-state index contributed by atoms with van der Waals surface area (Å²) in [5, 5.41) is 20.3. The van der Waals surface area contributed by atoms with Crippen LogP contribution in [0.4, 0.5) is 0 Å². The number of aromatic carboxylic acids is 1. The zero-order valence-corrected chi connectivity index (χ0v) is 14.7. The van der Waals surface area contributed by atoms with E-state index in [0.29, 0.717) is 21.7 Å². The number of halogens is 1. The lowest BCUT2D eigenvalue weighted by atomic mass is 10.0. The van der Waals surface area contributed by atoms with Crippen molar-refractivity contribution in [2.75, 3.05) is 0 Å². The lowest BCUT2D eigenvalue weighted by molar-refractivity contribution is 0.0604. The smallest absolute Gasteiger partial charge is 0.337 e. The third-order valence-corrected chi connectivity index (χ3v) is 5.18. The average molecular weight is 372 g/mol. The molecular weight excluding hydrogens is 354 g/mol. The van der Waals surface area contributed by atoms with E-state index in [1.807, 2.05) is 24.3 Å². The van der Waals surface area contributed by atoms with Crippen LogP contribution < -0.4 is 4.74 Å². The van der Waals surface area contributed by atoms with Gasteiger partial charge in [0.15, 0.2) is 0 Å². The summed E-state index contributed by atoms with van der Waals surface area (Å²) in [5.74, 6) is -0.284. The van der Waals surface area contributed by atoms with Crippen LogP contribution in [0.3, 0.4) is 0 Å². The predicted molar refractivity (Wildman–Crippen MR) is 100.0 cm³/mol. The van der Waals surface area contributed by atoms with Crippen LogP contribution in [0.2, 0.25) is 5.02 Å². The number of rotatable bonds is 4. The van der Waals surface area contributed by atoms with Gasteiger partial charge in [0.05, 0.1) is 16.7 Å².